The van der Waals surface area contributed by atoms with Crippen LogP contribution in [-0.2, 0) is 6.54 Å². The van der Waals surface area contributed by atoms with Crippen LogP contribution in [0.2, 0.25) is 0 Å². The fraction of sp³-hybridized carbons (Fsp3) is 0.364. The number of thioether (sulfide) groups is 1. The normalized spacial score (nSPS) is 13.9. The van der Waals surface area contributed by atoms with Crippen molar-refractivity contribution >= 4 is 23.4 Å². The number of carbonyl (C=O) groups excluding carboxylic acids is 1. The standard InChI is InChI=1S/C22H25N3OS/c1-24(22(26)20-7-3-4-8-21(20)27-16-13-23)17-18-9-11-19(12-10-18)25-14-5-2-6-15-25/h3-4,7-12H,2,5-6,14-17H2,1H3. The molecule has 0 aliphatic carbocycles. The molecular formula is C22H25N3OS. The Morgan fingerprint density at radius 1 is 1.11 bits per heavy atom. The fourth-order valence-electron chi connectivity index (χ4n) is 3.39. The molecule has 2 aromatic carbocycles. The molecule has 140 valence electrons. The predicted molar refractivity (Wildman–Crippen MR) is 111 cm³/mol. The van der Waals surface area contributed by atoms with E-state index in [2.05, 4.69) is 35.2 Å². The van der Waals surface area contributed by atoms with Crippen LogP contribution in [0.3, 0.4) is 0 Å². The van der Waals surface area contributed by atoms with Crippen molar-refractivity contribution in [2.75, 3.05) is 30.8 Å². The Kier molecular flexibility index (Phi) is 6.78. The third kappa shape index (κ3) is 5.05. The van der Waals surface area contributed by atoms with E-state index in [9.17, 15) is 4.79 Å². The van der Waals surface area contributed by atoms with Crippen LogP contribution in [-0.4, -0.2) is 36.7 Å². The highest BCUT2D eigenvalue weighted by molar-refractivity contribution is 7.99. The summed E-state index contributed by atoms with van der Waals surface area (Å²) < 4.78 is 0. The van der Waals surface area contributed by atoms with Crippen LogP contribution >= 0.6 is 11.8 Å². The molecule has 1 aliphatic heterocycles. The summed E-state index contributed by atoms with van der Waals surface area (Å²) in [7, 11) is 1.83. The number of rotatable bonds is 6. The Morgan fingerprint density at radius 3 is 2.52 bits per heavy atom. The minimum absolute atomic E-state index is 0.0175. The smallest absolute Gasteiger partial charge is 0.255 e. The van der Waals surface area contributed by atoms with Gasteiger partial charge in [-0.25, -0.2) is 0 Å². The highest BCUT2D eigenvalue weighted by Crippen LogP contribution is 2.24. The maximum atomic E-state index is 12.9. The molecule has 0 radical (unpaired) electrons. The second-order valence-corrected chi connectivity index (χ2v) is 7.84. The summed E-state index contributed by atoms with van der Waals surface area (Å²) in [6, 6.07) is 18.2. The Morgan fingerprint density at radius 2 is 1.81 bits per heavy atom. The van der Waals surface area contributed by atoms with E-state index in [1.165, 1.54) is 36.7 Å². The van der Waals surface area contributed by atoms with Crippen molar-refractivity contribution < 1.29 is 4.79 Å². The van der Waals surface area contributed by atoms with Gasteiger partial charge in [-0.05, 0) is 49.1 Å². The number of anilines is 1. The second-order valence-electron chi connectivity index (χ2n) is 6.82. The molecule has 2 aromatic rings. The molecule has 4 nitrogen and oxygen atoms in total. The lowest BCUT2D eigenvalue weighted by Gasteiger charge is -2.29. The van der Waals surface area contributed by atoms with Gasteiger partial charge in [0.1, 0.15) is 0 Å². The van der Waals surface area contributed by atoms with Crippen molar-refractivity contribution in [3.63, 3.8) is 0 Å². The fourth-order valence-corrected chi connectivity index (χ4v) is 4.10. The molecule has 1 saturated heterocycles. The Hall–Kier alpha value is -2.45. The summed E-state index contributed by atoms with van der Waals surface area (Å²) in [4.78, 5) is 17.9. The van der Waals surface area contributed by atoms with Gasteiger partial charge in [0.15, 0.2) is 0 Å². The Bertz CT molecular complexity index is 807. The molecule has 0 spiro atoms. The quantitative estimate of drug-likeness (QED) is 0.690. The van der Waals surface area contributed by atoms with E-state index in [1.54, 1.807) is 4.90 Å². The first-order chi connectivity index (χ1) is 13.2. The number of carbonyl (C=O) groups is 1. The number of hydrogen-bond donors (Lipinski definition) is 0. The van der Waals surface area contributed by atoms with Gasteiger partial charge in [0.25, 0.3) is 5.91 Å². The van der Waals surface area contributed by atoms with Crippen LogP contribution in [0, 0.1) is 11.3 Å². The lowest BCUT2D eigenvalue weighted by atomic mass is 10.1. The largest absolute Gasteiger partial charge is 0.372 e. The maximum absolute atomic E-state index is 12.9. The molecule has 27 heavy (non-hydrogen) atoms. The van der Waals surface area contributed by atoms with Crippen LogP contribution < -0.4 is 4.90 Å². The summed E-state index contributed by atoms with van der Waals surface area (Å²) >= 11 is 1.40. The number of benzene rings is 2. The molecule has 0 saturated carbocycles. The molecule has 3 rings (SSSR count). The zero-order valence-electron chi connectivity index (χ0n) is 15.7. The summed E-state index contributed by atoms with van der Waals surface area (Å²) in [5, 5.41) is 8.81. The van der Waals surface area contributed by atoms with Gasteiger partial charge in [0, 0.05) is 37.3 Å². The van der Waals surface area contributed by atoms with Crippen LogP contribution in [0.25, 0.3) is 0 Å². The third-order valence-corrected chi connectivity index (χ3v) is 5.77. The van der Waals surface area contributed by atoms with Gasteiger partial charge in [-0.2, -0.15) is 5.26 Å². The average molecular weight is 380 g/mol. The lowest BCUT2D eigenvalue weighted by molar-refractivity contribution is 0.0781. The number of piperidine rings is 1. The van der Waals surface area contributed by atoms with E-state index in [1.807, 2.05) is 31.3 Å². The summed E-state index contributed by atoms with van der Waals surface area (Å²) in [6.45, 7) is 2.83. The van der Waals surface area contributed by atoms with Gasteiger partial charge in [-0.1, -0.05) is 24.3 Å². The molecule has 0 N–H and O–H groups in total. The third-order valence-electron chi connectivity index (χ3n) is 4.83. The second kappa shape index (κ2) is 9.48. The van der Waals surface area contributed by atoms with Crippen LogP contribution in [0.4, 0.5) is 5.69 Å². The zero-order chi connectivity index (χ0) is 19.1. The lowest BCUT2D eigenvalue weighted by Crippen LogP contribution is -2.29. The van der Waals surface area contributed by atoms with E-state index >= 15 is 0 Å². The van der Waals surface area contributed by atoms with Gasteiger partial charge in [0.2, 0.25) is 0 Å². The molecule has 0 unspecified atom stereocenters. The van der Waals surface area contributed by atoms with Crippen LogP contribution in [0.15, 0.2) is 53.4 Å². The first-order valence-electron chi connectivity index (χ1n) is 9.37. The number of nitrogens with zero attached hydrogens (tertiary/aromatic N) is 3. The SMILES string of the molecule is CN(Cc1ccc(N2CCCCC2)cc1)C(=O)c1ccccc1SCC#N. The molecule has 1 fully saturated rings. The molecule has 1 heterocycles. The van der Waals surface area contributed by atoms with Gasteiger partial charge in [0.05, 0.1) is 17.4 Å². The maximum Gasteiger partial charge on any atom is 0.255 e. The molecule has 0 atom stereocenters. The van der Waals surface area contributed by atoms with Crippen molar-refractivity contribution in [2.45, 2.75) is 30.7 Å². The van der Waals surface area contributed by atoms with Crippen LogP contribution in [0.1, 0.15) is 35.2 Å². The monoisotopic (exact) mass is 379 g/mol. The minimum atomic E-state index is -0.0175. The molecule has 0 aromatic heterocycles. The molecule has 1 amide bonds. The van der Waals surface area contributed by atoms with Gasteiger partial charge < -0.3 is 9.80 Å². The molecular weight excluding hydrogens is 354 g/mol. The first kappa shape index (κ1) is 19.3. The van der Waals surface area contributed by atoms with E-state index in [-0.39, 0.29) is 5.91 Å². The van der Waals surface area contributed by atoms with Crippen LogP contribution in [0.5, 0.6) is 0 Å². The minimum Gasteiger partial charge on any atom is -0.372 e. The van der Waals surface area contributed by atoms with Gasteiger partial charge >= 0.3 is 0 Å². The highest BCUT2D eigenvalue weighted by atomic mass is 32.2. The van der Waals surface area contributed by atoms with Gasteiger partial charge in [-0.15, -0.1) is 11.8 Å². The molecule has 1 aliphatic rings. The van der Waals surface area contributed by atoms with Crippen molar-refractivity contribution in [2.24, 2.45) is 0 Å². The van der Waals surface area contributed by atoms with E-state index in [0.29, 0.717) is 17.9 Å². The van der Waals surface area contributed by atoms with E-state index < -0.39 is 0 Å². The number of amides is 1. The van der Waals surface area contributed by atoms with Crippen molar-refractivity contribution in [3.05, 3.63) is 59.7 Å². The molecule has 0 bridgehead atoms. The Balaban J connectivity index is 1.65. The summed E-state index contributed by atoms with van der Waals surface area (Å²) in [5.41, 5.74) is 3.05. The average Bonchev–Trinajstić information content (AvgIpc) is 2.73. The summed E-state index contributed by atoms with van der Waals surface area (Å²) in [6.07, 6.45) is 3.86. The predicted octanol–water partition coefficient (Wildman–Crippen LogP) is 4.56. The number of nitriles is 1. The van der Waals surface area contributed by atoms with E-state index in [0.717, 1.165) is 23.5 Å². The van der Waals surface area contributed by atoms with Crippen molar-refractivity contribution in [1.82, 2.24) is 4.90 Å². The van der Waals surface area contributed by atoms with Crippen molar-refractivity contribution in [3.8, 4) is 6.07 Å². The Labute approximate surface area is 165 Å². The zero-order valence-corrected chi connectivity index (χ0v) is 16.5. The number of hydrogen-bond acceptors (Lipinski definition) is 4. The van der Waals surface area contributed by atoms with Gasteiger partial charge in [-0.3, -0.25) is 4.79 Å². The van der Waals surface area contributed by atoms with Crippen molar-refractivity contribution in [1.29, 1.82) is 5.26 Å². The molecule has 5 heteroatoms. The topological polar surface area (TPSA) is 47.3 Å². The highest BCUT2D eigenvalue weighted by Gasteiger charge is 2.16. The summed E-state index contributed by atoms with van der Waals surface area (Å²) in [5.74, 6) is 0.322. The van der Waals surface area contributed by atoms with E-state index in [4.69, 9.17) is 5.26 Å². The first-order valence-corrected chi connectivity index (χ1v) is 10.4.